The molecule has 0 amide bonds. The van der Waals surface area contributed by atoms with Crippen molar-refractivity contribution in [2.75, 3.05) is 0 Å². The first-order valence-electron chi connectivity index (χ1n) is 19.0. The highest BCUT2D eigenvalue weighted by atomic mass is 32.2. The Hall–Kier alpha value is -4.80. The third kappa shape index (κ3) is 6.32. The molecule has 3 aromatic carbocycles. The molecule has 0 fully saturated rings. The molecule has 4 atom stereocenters. The van der Waals surface area contributed by atoms with Gasteiger partial charge in [-0.05, 0) is 82.6 Å². The summed E-state index contributed by atoms with van der Waals surface area (Å²) in [4.78, 5) is 17.4. The molecule has 2 heterocycles. The number of hydrogen-bond donors (Lipinski definition) is 0. The van der Waals surface area contributed by atoms with Crippen LogP contribution in [0.5, 0.6) is 0 Å². The molecular weight excluding hydrogens is 651 g/mol. The summed E-state index contributed by atoms with van der Waals surface area (Å²) in [5.74, 6) is 3.41. The van der Waals surface area contributed by atoms with Crippen LogP contribution in [-0.4, -0.2) is 20.2 Å². The zero-order chi connectivity index (χ0) is 35.1. The molecule has 4 unspecified atom stereocenters. The Labute approximate surface area is 312 Å². The highest BCUT2D eigenvalue weighted by Gasteiger charge is 2.44. The van der Waals surface area contributed by atoms with E-state index < -0.39 is 0 Å². The van der Waals surface area contributed by atoms with Crippen LogP contribution in [-0.2, 0) is 0 Å². The minimum Gasteiger partial charge on any atom is -0.208 e. The van der Waals surface area contributed by atoms with Crippen LogP contribution in [0.1, 0.15) is 92.5 Å². The predicted molar refractivity (Wildman–Crippen MR) is 218 cm³/mol. The van der Waals surface area contributed by atoms with E-state index in [9.17, 15) is 0 Å². The summed E-state index contributed by atoms with van der Waals surface area (Å²) >= 11 is 2.16. The molecule has 0 radical (unpaired) electrons. The molecule has 5 aliphatic rings. The second-order valence-corrected chi connectivity index (χ2v) is 16.7. The molecule has 4 heteroatoms. The van der Waals surface area contributed by atoms with Crippen molar-refractivity contribution in [3.8, 4) is 11.4 Å². The third-order valence-electron chi connectivity index (χ3n) is 11.8. The molecule has 1 aromatic heterocycles. The molecule has 0 spiro atoms. The lowest BCUT2D eigenvalue weighted by Crippen LogP contribution is -2.39. The third-order valence-corrected chi connectivity index (χ3v) is 13.3. The first-order valence-corrected chi connectivity index (χ1v) is 19.9. The predicted octanol–water partition coefficient (Wildman–Crippen LogP) is 12.3. The maximum Gasteiger partial charge on any atom is 0.164 e. The molecule has 4 aliphatic carbocycles. The summed E-state index contributed by atoms with van der Waals surface area (Å²) in [6, 6.07) is 30.3. The van der Waals surface area contributed by atoms with E-state index in [0.717, 1.165) is 59.9 Å². The lowest BCUT2D eigenvalue weighted by atomic mass is 9.66. The average molecular weight is 696 g/mol. The van der Waals surface area contributed by atoms with Crippen molar-refractivity contribution in [1.82, 2.24) is 15.0 Å². The Kier molecular flexibility index (Phi) is 8.88. The lowest BCUT2D eigenvalue weighted by Gasteiger charge is -2.48. The zero-order valence-electron chi connectivity index (χ0n) is 30.1. The summed E-state index contributed by atoms with van der Waals surface area (Å²) in [7, 11) is 0. The van der Waals surface area contributed by atoms with E-state index >= 15 is 0 Å². The van der Waals surface area contributed by atoms with Gasteiger partial charge in [-0.2, -0.15) is 0 Å². The number of allylic oxidation sites excluding steroid dienone is 14. The van der Waals surface area contributed by atoms with E-state index in [2.05, 4.69) is 165 Å². The number of aromatic nitrogens is 3. The number of benzene rings is 3. The van der Waals surface area contributed by atoms with Crippen molar-refractivity contribution in [2.24, 2.45) is 11.3 Å². The molecule has 0 N–H and O–H groups in total. The smallest absolute Gasteiger partial charge is 0.164 e. The van der Waals surface area contributed by atoms with Crippen LogP contribution in [0.3, 0.4) is 0 Å². The quantitative estimate of drug-likeness (QED) is 0.188. The molecule has 0 bridgehead atoms. The first kappa shape index (κ1) is 33.1. The molecule has 258 valence electrons. The average Bonchev–Trinajstić information content (AvgIpc) is 3.21. The van der Waals surface area contributed by atoms with Gasteiger partial charge in [-0.15, -0.1) is 11.8 Å². The van der Waals surface area contributed by atoms with E-state index in [1.54, 1.807) is 4.91 Å². The van der Waals surface area contributed by atoms with Gasteiger partial charge in [-0.3, -0.25) is 0 Å². The van der Waals surface area contributed by atoms with Crippen LogP contribution in [0.4, 0.5) is 0 Å². The van der Waals surface area contributed by atoms with Crippen LogP contribution in [0.15, 0.2) is 150 Å². The Balaban J connectivity index is 1.15. The number of fused-ring (bicyclic) bond motifs is 1. The monoisotopic (exact) mass is 695 g/mol. The number of rotatable bonds is 6. The van der Waals surface area contributed by atoms with Crippen LogP contribution in [0.2, 0.25) is 0 Å². The summed E-state index contributed by atoms with van der Waals surface area (Å²) < 4.78 is 0. The highest BCUT2D eigenvalue weighted by molar-refractivity contribution is 8.03. The standard InChI is InChI=1S/C48H45N3S/c1-48(2)41-25-11-12-26-43(41)52-44-28-27-36(31-42(44)48)39-23-9-10-24-40(39)47-50-45(37-21-13-19-34(29-37)32-15-5-3-6-16-32)49-46(51-47)38-22-14-20-35(30-38)33-17-7-4-8-18-33/h3-18,21-24,29-31,34-35,41,43H,19-20,25-28H2,1-2H3. The Bertz CT molecular complexity index is 2120. The van der Waals surface area contributed by atoms with Gasteiger partial charge in [-0.25, -0.2) is 15.0 Å². The van der Waals surface area contributed by atoms with Crippen molar-refractivity contribution in [3.05, 3.63) is 178 Å². The van der Waals surface area contributed by atoms with Crippen molar-refractivity contribution < 1.29 is 0 Å². The Morgan fingerprint density at radius 2 is 1.13 bits per heavy atom. The summed E-state index contributed by atoms with van der Waals surface area (Å²) in [5, 5.41) is 0.692. The van der Waals surface area contributed by atoms with Crippen molar-refractivity contribution >= 4 is 28.5 Å². The number of thioether (sulfide) groups is 1. The second kappa shape index (κ2) is 14.0. The van der Waals surface area contributed by atoms with Gasteiger partial charge in [-0.1, -0.05) is 153 Å². The van der Waals surface area contributed by atoms with E-state index in [0.29, 0.717) is 11.2 Å². The summed E-state index contributed by atoms with van der Waals surface area (Å²) in [6.07, 6.45) is 27.4. The van der Waals surface area contributed by atoms with Gasteiger partial charge in [0.1, 0.15) is 0 Å². The topological polar surface area (TPSA) is 38.7 Å². The van der Waals surface area contributed by atoms with E-state index in [1.807, 2.05) is 0 Å². The van der Waals surface area contributed by atoms with Crippen LogP contribution >= 0.6 is 11.8 Å². The van der Waals surface area contributed by atoms with Gasteiger partial charge < -0.3 is 0 Å². The summed E-state index contributed by atoms with van der Waals surface area (Å²) in [5.41, 5.74) is 10.1. The maximum atomic E-state index is 5.30. The fourth-order valence-corrected chi connectivity index (χ4v) is 10.7. The first-order chi connectivity index (χ1) is 25.5. The Morgan fingerprint density at radius 1 is 0.577 bits per heavy atom. The maximum absolute atomic E-state index is 5.30. The lowest BCUT2D eigenvalue weighted by molar-refractivity contribution is 0.252. The molecule has 0 saturated heterocycles. The Morgan fingerprint density at radius 3 is 1.77 bits per heavy atom. The van der Waals surface area contributed by atoms with E-state index in [4.69, 9.17) is 15.0 Å². The largest absolute Gasteiger partial charge is 0.208 e. The van der Waals surface area contributed by atoms with Gasteiger partial charge in [0.05, 0.1) is 0 Å². The van der Waals surface area contributed by atoms with Gasteiger partial charge in [0.2, 0.25) is 0 Å². The molecule has 3 nitrogen and oxygen atoms in total. The summed E-state index contributed by atoms with van der Waals surface area (Å²) in [6.45, 7) is 4.97. The van der Waals surface area contributed by atoms with Gasteiger partial charge in [0.25, 0.3) is 0 Å². The minimum atomic E-state index is 0.133. The molecule has 0 saturated carbocycles. The van der Waals surface area contributed by atoms with Crippen molar-refractivity contribution in [3.63, 3.8) is 0 Å². The van der Waals surface area contributed by atoms with Gasteiger partial charge in [0, 0.05) is 33.8 Å². The SMILES string of the molecule is CC1(C)C2=C(CCC(c3ccccc3-c3nc(C4=CC(c5ccccc5)CC=C4)nc(C4=CC(c5ccccc5)CC=C4)n3)=C2)SC2CC=CCC21. The molecule has 4 aromatic rings. The van der Waals surface area contributed by atoms with E-state index in [1.165, 1.54) is 40.7 Å². The molecule has 52 heavy (non-hydrogen) atoms. The van der Waals surface area contributed by atoms with Gasteiger partial charge >= 0.3 is 0 Å². The number of nitrogens with zero attached hydrogens (tertiary/aromatic N) is 3. The zero-order valence-corrected chi connectivity index (χ0v) is 30.9. The molecular formula is C48H45N3S. The van der Waals surface area contributed by atoms with Crippen molar-refractivity contribution in [2.45, 2.75) is 69.5 Å². The second-order valence-electron chi connectivity index (χ2n) is 15.3. The van der Waals surface area contributed by atoms with E-state index in [-0.39, 0.29) is 17.3 Å². The van der Waals surface area contributed by atoms with Crippen LogP contribution in [0.25, 0.3) is 28.1 Å². The van der Waals surface area contributed by atoms with Gasteiger partial charge in [0.15, 0.2) is 17.5 Å². The highest BCUT2D eigenvalue weighted by Crippen LogP contribution is 2.57. The van der Waals surface area contributed by atoms with Crippen LogP contribution in [0, 0.1) is 11.3 Å². The minimum absolute atomic E-state index is 0.133. The number of hydrogen-bond acceptors (Lipinski definition) is 4. The normalized spacial score (nSPS) is 24.8. The fourth-order valence-electron chi connectivity index (χ4n) is 8.89. The van der Waals surface area contributed by atoms with Crippen LogP contribution < -0.4 is 0 Å². The molecule has 1 aliphatic heterocycles. The van der Waals surface area contributed by atoms with Crippen molar-refractivity contribution in [1.29, 1.82) is 0 Å². The molecule has 9 rings (SSSR count). The fraction of sp³-hybridized carbons (Fsp3) is 0.271.